The lowest BCUT2D eigenvalue weighted by atomic mass is 10.1. The third kappa shape index (κ3) is 3.40. The SMILES string of the molecule is CN(C)C1CCN(c2ccc(N=Cc3c(O)[nH]c4cccc(F)c34)cc2)C1. The van der Waals surface area contributed by atoms with Crippen molar-refractivity contribution in [3.05, 3.63) is 53.8 Å². The Labute approximate surface area is 157 Å². The third-order valence-corrected chi connectivity index (χ3v) is 5.24. The highest BCUT2D eigenvalue weighted by Crippen LogP contribution is 2.29. The number of hydrogen-bond donors (Lipinski definition) is 2. The summed E-state index contributed by atoms with van der Waals surface area (Å²) in [5, 5.41) is 10.4. The van der Waals surface area contributed by atoms with Gasteiger partial charge in [-0.2, -0.15) is 0 Å². The van der Waals surface area contributed by atoms with Crippen LogP contribution in [0.15, 0.2) is 47.5 Å². The van der Waals surface area contributed by atoms with E-state index in [1.807, 2.05) is 12.1 Å². The van der Waals surface area contributed by atoms with E-state index in [1.54, 1.807) is 12.1 Å². The lowest BCUT2D eigenvalue weighted by Gasteiger charge is -2.21. The zero-order valence-electron chi connectivity index (χ0n) is 15.5. The number of H-pyrrole nitrogens is 1. The topological polar surface area (TPSA) is 54.9 Å². The molecule has 1 unspecified atom stereocenters. The molecule has 140 valence electrons. The molecule has 6 heteroatoms. The summed E-state index contributed by atoms with van der Waals surface area (Å²) < 4.78 is 14.1. The summed E-state index contributed by atoms with van der Waals surface area (Å²) in [6.45, 7) is 2.08. The summed E-state index contributed by atoms with van der Waals surface area (Å²) in [6, 6.07) is 13.3. The van der Waals surface area contributed by atoms with Gasteiger partial charge in [-0.15, -0.1) is 0 Å². The van der Waals surface area contributed by atoms with Gasteiger partial charge in [-0.05, 0) is 56.9 Å². The maximum atomic E-state index is 14.1. The van der Waals surface area contributed by atoms with E-state index in [-0.39, 0.29) is 11.7 Å². The number of aromatic hydroxyl groups is 1. The predicted octanol–water partition coefficient (Wildman–Crippen LogP) is 3.90. The molecule has 1 aliphatic rings. The average molecular weight is 366 g/mol. The highest BCUT2D eigenvalue weighted by molar-refractivity contribution is 6.02. The van der Waals surface area contributed by atoms with Crippen LogP contribution in [0.4, 0.5) is 15.8 Å². The van der Waals surface area contributed by atoms with Gasteiger partial charge < -0.3 is 19.9 Å². The fourth-order valence-electron chi connectivity index (χ4n) is 3.63. The summed E-state index contributed by atoms with van der Waals surface area (Å²) in [6.07, 6.45) is 2.67. The van der Waals surface area contributed by atoms with Gasteiger partial charge in [0, 0.05) is 36.4 Å². The Morgan fingerprint density at radius 1 is 1.22 bits per heavy atom. The molecule has 0 radical (unpaired) electrons. The second-order valence-electron chi connectivity index (χ2n) is 7.18. The maximum Gasteiger partial charge on any atom is 0.198 e. The number of rotatable bonds is 4. The maximum absolute atomic E-state index is 14.1. The van der Waals surface area contributed by atoms with E-state index in [2.05, 4.69) is 46.0 Å². The Kier molecular flexibility index (Phi) is 4.58. The van der Waals surface area contributed by atoms with Crippen LogP contribution in [-0.2, 0) is 0 Å². The quantitative estimate of drug-likeness (QED) is 0.689. The van der Waals surface area contributed by atoms with Gasteiger partial charge in [0.05, 0.1) is 16.8 Å². The zero-order chi connectivity index (χ0) is 19.0. The van der Waals surface area contributed by atoms with Crippen LogP contribution in [0, 0.1) is 5.82 Å². The minimum absolute atomic E-state index is 0.0812. The molecule has 2 heterocycles. The first-order chi connectivity index (χ1) is 13.0. The zero-order valence-corrected chi connectivity index (χ0v) is 15.5. The second kappa shape index (κ2) is 7.04. The molecule has 0 bridgehead atoms. The molecular formula is C21H23FN4O. The molecular weight excluding hydrogens is 343 g/mol. The van der Waals surface area contributed by atoms with Crippen molar-refractivity contribution in [3.8, 4) is 5.88 Å². The van der Waals surface area contributed by atoms with Gasteiger partial charge in [-0.3, -0.25) is 4.99 Å². The van der Waals surface area contributed by atoms with Crippen molar-refractivity contribution >= 4 is 28.5 Å². The van der Waals surface area contributed by atoms with E-state index in [9.17, 15) is 9.50 Å². The van der Waals surface area contributed by atoms with Gasteiger partial charge in [0.1, 0.15) is 5.82 Å². The van der Waals surface area contributed by atoms with Gasteiger partial charge in [0.15, 0.2) is 5.88 Å². The molecule has 2 aromatic carbocycles. The molecule has 0 saturated carbocycles. The Bertz CT molecular complexity index is 978. The van der Waals surface area contributed by atoms with E-state index >= 15 is 0 Å². The monoisotopic (exact) mass is 366 g/mol. The first-order valence-corrected chi connectivity index (χ1v) is 9.07. The number of nitrogens with zero attached hydrogens (tertiary/aromatic N) is 3. The van der Waals surface area contributed by atoms with Gasteiger partial charge in [0.25, 0.3) is 0 Å². The first-order valence-electron chi connectivity index (χ1n) is 9.07. The number of anilines is 1. The minimum Gasteiger partial charge on any atom is -0.494 e. The van der Waals surface area contributed by atoms with E-state index < -0.39 is 0 Å². The van der Waals surface area contributed by atoms with Gasteiger partial charge in [-0.1, -0.05) is 6.07 Å². The van der Waals surface area contributed by atoms with Crippen LogP contribution in [0.1, 0.15) is 12.0 Å². The molecule has 0 spiro atoms. The van der Waals surface area contributed by atoms with Crippen LogP contribution < -0.4 is 4.90 Å². The van der Waals surface area contributed by atoms with E-state index in [0.29, 0.717) is 22.5 Å². The van der Waals surface area contributed by atoms with Crippen molar-refractivity contribution in [2.45, 2.75) is 12.5 Å². The molecule has 0 aliphatic carbocycles. The fraction of sp³-hybridized carbons (Fsp3) is 0.286. The average Bonchev–Trinajstić information content (AvgIpc) is 3.26. The minimum atomic E-state index is -0.384. The van der Waals surface area contributed by atoms with Crippen LogP contribution in [0.2, 0.25) is 0 Å². The molecule has 3 aromatic rings. The number of aromatic nitrogens is 1. The van der Waals surface area contributed by atoms with E-state index in [1.165, 1.54) is 18.0 Å². The molecule has 1 saturated heterocycles. The highest BCUT2D eigenvalue weighted by atomic mass is 19.1. The van der Waals surface area contributed by atoms with Crippen molar-refractivity contribution in [3.63, 3.8) is 0 Å². The van der Waals surface area contributed by atoms with Crippen LogP contribution in [-0.4, -0.2) is 54.4 Å². The summed E-state index contributed by atoms with van der Waals surface area (Å²) in [5.41, 5.74) is 2.85. The van der Waals surface area contributed by atoms with Gasteiger partial charge in [-0.25, -0.2) is 4.39 Å². The number of aliphatic imine (C=N–C) groups is 1. The lowest BCUT2D eigenvalue weighted by Crippen LogP contribution is -2.31. The van der Waals surface area contributed by atoms with Crippen molar-refractivity contribution < 1.29 is 9.50 Å². The fourth-order valence-corrected chi connectivity index (χ4v) is 3.63. The summed E-state index contributed by atoms with van der Waals surface area (Å²) in [7, 11) is 4.24. The molecule has 1 aliphatic heterocycles. The Hall–Kier alpha value is -2.86. The molecule has 0 amide bonds. The molecule has 5 nitrogen and oxygen atoms in total. The van der Waals surface area contributed by atoms with Crippen molar-refractivity contribution in [2.75, 3.05) is 32.1 Å². The molecule has 27 heavy (non-hydrogen) atoms. The Morgan fingerprint density at radius 3 is 2.70 bits per heavy atom. The third-order valence-electron chi connectivity index (χ3n) is 5.24. The van der Waals surface area contributed by atoms with Gasteiger partial charge in [0.2, 0.25) is 0 Å². The highest BCUT2D eigenvalue weighted by Gasteiger charge is 2.23. The standard InChI is InChI=1S/C21H23FN4O/c1-25(2)16-10-11-26(13-16)15-8-6-14(7-9-15)23-12-17-20-18(22)4-3-5-19(20)24-21(17)27/h3-9,12,16,24,27H,10-11,13H2,1-2H3. The smallest absolute Gasteiger partial charge is 0.198 e. The summed E-state index contributed by atoms with van der Waals surface area (Å²) in [5.74, 6) is -0.465. The second-order valence-corrected chi connectivity index (χ2v) is 7.18. The summed E-state index contributed by atoms with van der Waals surface area (Å²) >= 11 is 0. The number of halogens is 1. The lowest BCUT2D eigenvalue weighted by molar-refractivity contribution is 0.315. The van der Waals surface area contributed by atoms with Crippen LogP contribution in [0.5, 0.6) is 5.88 Å². The Morgan fingerprint density at radius 2 is 2.00 bits per heavy atom. The molecule has 1 fully saturated rings. The normalized spacial score (nSPS) is 17.6. The van der Waals surface area contributed by atoms with Crippen molar-refractivity contribution in [1.82, 2.24) is 9.88 Å². The van der Waals surface area contributed by atoms with Crippen LogP contribution in [0.25, 0.3) is 10.9 Å². The molecule has 1 aromatic heterocycles. The number of likely N-dealkylation sites (N-methyl/N-ethyl adjacent to an activating group) is 1. The van der Waals surface area contributed by atoms with Gasteiger partial charge >= 0.3 is 0 Å². The predicted molar refractivity (Wildman–Crippen MR) is 108 cm³/mol. The number of benzene rings is 2. The Balaban J connectivity index is 1.53. The largest absolute Gasteiger partial charge is 0.494 e. The number of nitrogens with one attached hydrogen (secondary N) is 1. The molecule has 1 atom stereocenters. The number of hydrogen-bond acceptors (Lipinski definition) is 4. The van der Waals surface area contributed by atoms with Crippen LogP contribution >= 0.6 is 0 Å². The van der Waals surface area contributed by atoms with Crippen LogP contribution in [0.3, 0.4) is 0 Å². The molecule has 4 rings (SSSR count). The molecule has 2 N–H and O–H groups in total. The van der Waals surface area contributed by atoms with E-state index in [0.717, 1.165) is 25.2 Å². The van der Waals surface area contributed by atoms with E-state index in [4.69, 9.17) is 0 Å². The first kappa shape index (κ1) is 17.5. The van der Waals surface area contributed by atoms with Crippen molar-refractivity contribution in [2.24, 2.45) is 4.99 Å². The number of aromatic amines is 1. The number of fused-ring (bicyclic) bond motifs is 1. The summed E-state index contributed by atoms with van der Waals surface area (Å²) in [4.78, 5) is 11.8. The van der Waals surface area contributed by atoms with Crippen molar-refractivity contribution in [1.29, 1.82) is 0 Å².